The summed E-state index contributed by atoms with van der Waals surface area (Å²) in [5.41, 5.74) is -2.23. The Kier molecular flexibility index (Phi) is 7.36. The van der Waals surface area contributed by atoms with Crippen LogP contribution in [-0.4, -0.2) is 18.8 Å². The number of rotatable bonds is 7. The van der Waals surface area contributed by atoms with Crippen molar-refractivity contribution in [2.75, 3.05) is 12.4 Å². The summed E-state index contributed by atoms with van der Waals surface area (Å²) >= 11 is 9.78. The van der Waals surface area contributed by atoms with Gasteiger partial charge in [-0.05, 0) is 23.2 Å². The second kappa shape index (κ2) is 7.01. The van der Waals surface area contributed by atoms with E-state index in [4.69, 9.17) is 16.3 Å². The van der Waals surface area contributed by atoms with Gasteiger partial charge in [0.25, 0.3) is 0 Å². The number of carbonyl (C=O) groups is 1. The summed E-state index contributed by atoms with van der Waals surface area (Å²) in [5, 5.41) is 2.54. The molecule has 0 spiro atoms. The molecule has 0 fully saturated rings. The molecular formula is C6H11BrNO2PS2. The van der Waals surface area contributed by atoms with E-state index in [-0.39, 0.29) is 0 Å². The second-order valence-corrected chi connectivity index (χ2v) is 9.69. The highest BCUT2D eigenvalue weighted by Gasteiger charge is 2.16. The first-order valence-corrected chi connectivity index (χ1v) is 8.58. The van der Waals surface area contributed by atoms with Gasteiger partial charge >= 0.3 is 0 Å². The first-order chi connectivity index (χ1) is 6.04. The molecule has 7 heteroatoms. The Balaban J connectivity index is 4.14. The third kappa shape index (κ3) is 6.69. The summed E-state index contributed by atoms with van der Waals surface area (Å²) in [7, 11) is 0. The Morgan fingerprint density at radius 1 is 1.92 bits per heavy atom. The fraction of sp³-hybridized carbons (Fsp3) is 0.500. The topological polar surface area (TPSA) is 38.3 Å². The van der Waals surface area contributed by atoms with Crippen molar-refractivity contribution in [3.8, 4) is 0 Å². The van der Waals surface area contributed by atoms with E-state index < -0.39 is 5.62 Å². The predicted molar refractivity (Wildman–Crippen MR) is 65.6 cm³/mol. The van der Waals surface area contributed by atoms with Crippen LogP contribution in [0.5, 0.6) is 0 Å². The van der Waals surface area contributed by atoms with Gasteiger partial charge in [0.1, 0.15) is 0 Å². The molecule has 1 N–H and O–H groups in total. The quantitative estimate of drug-likeness (QED) is 0.580. The third-order valence-corrected chi connectivity index (χ3v) is 7.01. The number of hydrogen-bond acceptors (Lipinski definition) is 4. The van der Waals surface area contributed by atoms with Crippen LogP contribution in [0.3, 0.4) is 0 Å². The lowest BCUT2D eigenvalue weighted by Crippen LogP contribution is -2.07. The molecule has 3 nitrogen and oxygen atoms in total. The third-order valence-electron chi connectivity index (χ3n) is 0.901. The van der Waals surface area contributed by atoms with Crippen LogP contribution < -0.4 is 5.09 Å². The van der Waals surface area contributed by atoms with Crippen molar-refractivity contribution in [1.82, 2.24) is 5.09 Å². The van der Waals surface area contributed by atoms with E-state index in [1.807, 2.05) is 6.92 Å². The molecule has 1 amide bonds. The molecular weight excluding hydrogens is 293 g/mol. The Morgan fingerprint density at radius 2 is 2.54 bits per heavy atom. The van der Waals surface area contributed by atoms with Crippen LogP contribution in [0.25, 0.3) is 0 Å². The van der Waals surface area contributed by atoms with Gasteiger partial charge in [0.05, 0.1) is 6.61 Å². The number of nitrogens with one attached hydrogen (secondary N) is 1. The lowest BCUT2D eigenvalue weighted by Gasteiger charge is -2.18. The molecule has 0 rings (SSSR count). The highest BCUT2D eigenvalue weighted by atomic mass is 79.9. The van der Waals surface area contributed by atoms with Crippen molar-refractivity contribution in [2.45, 2.75) is 6.92 Å². The molecule has 1 atom stereocenters. The second-order valence-electron chi connectivity index (χ2n) is 1.95. The maximum absolute atomic E-state index is 10.3. The van der Waals surface area contributed by atoms with Crippen LogP contribution in [0.15, 0.2) is 11.1 Å². The molecule has 0 heterocycles. The molecule has 0 saturated carbocycles. The summed E-state index contributed by atoms with van der Waals surface area (Å²) in [5.74, 6) is 0.637. The van der Waals surface area contributed by atoms with Crippen LogP contribution in [0.2, 0.25) is 0 Å². The van der Waals surface area contributed by atoms with Gasteiger partial charge < -0.3 is 9.61 Å². The Labute approximate surface area is 95.7 Å². The van der Waals surface area contributed by atoms with Crippen LogP contribution in [0.1, 0.15) is 6.92 Å². The Morgan fingerprint density at radius 3 is 2.92 bits per heavy atom. The van der Waals surface area contributed by atoms with E-state index >= 15 is 0 Å². The van der Waals surface area contributed by atoms with Crippen LogP contribution in [-0.2, 0) is 21.1 Å². The minimum Gasteiger partial charge on any atom is -0.327 e. The molecule has 0 aliphatic heterocycles. The standard InChI is InChI=1S/C6H11BrNO2PS2/c1-3-10-11(12,8-5-9)13-4-6(2)7/h5H,2-4H2,1H3,(H,8,9,12). The van der Waals surface area contributed by atoms with E-state index in [9.17, 15) is 4.79 Å². The number of hydrogen-bond donors (Lipinski definition) is 1. The number of halogens is 1. The van der Waals surface area contributed by atoms with Crippen LogP contribution in [0, 0.1) is 0 Å². The molecule has 0 aromatic heterocycles. The van der Waals surface area contributed by atoms with Crippen LogP contribution in [0.4, 0.5) is 0 Å². The molecule has 0 saturated heterocycles. The minimum atomic E-state index is -2.23. The fourth-order valence-electron chi connectivity index (χ4n) is 0.501. The van der Waals surface area contributed by atoms with Crippen LogP contribution >= 0.6 is 32.9 Å². The number of carbonyl (C=O) groups excluding carboxylic acids is 1. The van der Waals surface area contributed by atoms with Gasteiger partial charge in [0.2, 0.25) is 12.0 Å². The molecule has 0 aliphatic rings. The van der Waals surface area contributed by atoms with E-state index in [0.717, 1.165) is 4.48 Å². The van der Waals surface area contributed by atoms with E-state index in [2.05, 4.69) is 27.6 Å². The van der Waals surface area contributed by atoms with Gasteiger partial charge in [-0.3, -0.25) is 4.79 Å². The molecule has 76 valence electrons. The van der Waals surface area contributed by atoms with Crippen molar-refractivity contribution in [3.05, 3.63) is 11.1 Å². The van der Waals surface area contributed by atoms with Crippen molar-refractivity contribution in [2.24, 2.45) is 0 Å². The van der Waals surface area contributed by atoms with Gasteiger partial charge in [0, 0.05) is 5.75 Å². The average molecular weight is 304 g/mol. The summed E-state index contributed by atoms with van der Waals surface area (Å²) in [4.78, 5) is 10.3. The zero-order valence-electron chi connectivity index (χ0n) is 7.16. The fourth-order valence-corrected chi connectivity index (χ4v) is 5.17. The summed E-state index contributed by atoms with van der Waals surface area (Å²) in [6.45, 7) is 6.02. The SMILES string of the molecule is C=C(Br)CSP(=S)(NC=O)OCC. The van der Waals surface area contributed by atoms with Gasteiger partial charge in [-0.2, -0.15) is 0 Å². The molecule has 0 aromatic rings. The van der Waals surface area contributed by atoms with Gasteiger partial charge in [0.15, 0.2) is 0 Å². The monoisotopic (exact) mass is 303 g/mol. The molecule has 13 heavy (non-hydrogen) atoms. The van der Waals surface area contributed by atoms with Crippen molar-refractivity contribution < 1.29 is 9.32 Å². The number of amides is 1. The predicted octanol–water partition coefficient (Wildman–Crippen LogP) is 2.64. The maximum Gasteiger partial charge on any atom is 0.213 e. The zero-order chi connectivity index (χ0) is 10.3. The smallest absolute Gasteiger partial charge is 0.213 e. The Bertz CT molecular complexity index is 237. The van der Waals surface area contributed by atoms with Gasteiger partial charge in [-0.1, -0.05) is 33.9 Å². The first-order valence-electron chi connectivity index (χ1n) is 3.48. The molecule has 0 bridgehead atoms. The van der Waals surface area contributed by atoms with E-state index in [1.54, 1.807) is 0 Å². The highest BCUT2D eigenvalue weighted by Crippen LogP contribution is 2.56. The van der Waals surface area contributed by atoms with Gasteiger partial charge in [-0.25, -0.2) is 0 Å². The largest absolute Gasteiger partial charge is 0.327 e. The summed E-state index contributed by atoms with van der Waals surface area (Å²) in [6, 6.07) is 0. The van der Waals surface area contributed by atoms with Crippen molar-refractivity contribution in [1.29, 1.82) is 0 Å². The molecule has 0 aromatic carbocycles. The highest BCUT2D eigenvalue weighted by molar-refractivity contribution is 9.12. The maximum atomic E-state index is 10.3. The minimum absolute atomic E-state index is 0.500. The van der Waals surface area contributed by atoms with E-state index in [1.165, 1.54) is 11.4 Å². The summed E-state index contributed by atoms with van der Waals surface area (Å²) in [6.07, 6.45) is 0.584. The molecule has 0 aliphatic carbocycles. The van der Waals surface area contributed by atoms with Crippen molar-refractivity contribution in [3.63, 3.8) is 0 Å². The van der Waals surface area contributed by atoms with Crippen molar-refractivity contribution >= 4 is 51.1 Å². The average Bonchev–Trinajstić information content (AvgIpc) is 2.02. The lowest BCUT2D eigenvalue weighted by molar-refractivity contribution is -0.108. The molecule has 1 unspecified atom stereocenters. The normalized spacial score (nSPS) is 14.6. The lowest BCUT2D eigenvalue weighted by atomic mass is 10.8. The zero-order valence-corrected chi connectivity index (χ0v) is 11.3. The molecule has 0 radical (unpaired) electrons. The Hall–Kier alpha value is 0.650. The first kappa shape index (κ1) is 13.7. The summed E-state index contributed by atoms with van der Waals surface area (Å²) < 4.78 is 6.14. The van der Waals surface area contributed by atoms with Gasteiger partial charge in [-0.15, -0.1) is 0 Å². The van der Waals surface area contributed by atoms with E-state index in [0.29, 0.717) is 18.8 Å².